The fraction of sp³-hybridized carbons (Fsp3) is 0.471. The number of carbonyl (C=O) groups excluding carboxylic acids is 3. The third-order valence-corrected chi connectivity index (χ3v) is 4.02. The third kappa shape index (κ3) is 4.31. The number of esters is 1. The molecule has 1 aromatic carbocycles. The number of hydrogen-bond acceptors (Lipinski definition) is 4. The largest absolute Gasteiger partial charge is 0.465 e. The molecule has 3 atom stereocenters. The summed E-state index contributed by atoms with van der Waals surface area (Å²) in [7, 11) is 1.30. The van der Waals surface area contributed by atoms with Crippen LogP contribution in [0.15, 0.2) is 24.3 Å². The Morgan fingerprint density at radius 3 is 2.61 bits per heavy atom. The van der Waals surface area contributed by atoms with E-state index in [9.17, 15) is 14.4 Å². The molecule has 0 spiro atoms. The first kappa shape index (κ1) is 17.0. The van der Waals surface area contributed by atoms with Gasteiger partial charge in [-0.15, -0.1) is 0 Å². The van der Waals surface area contributed by atoms with Crippen LogP contribution in [0.2, 0.25) is 0 Å². The summed E-state index contributed by atoms with van der Waals surface area (Å²) < 4.78 is 4.65. The quantitative estimate of drug-likeness (QED) is 0.785. The lowest BCUT2D eigenvalue weighted by atomic mass is 10.2. The van der Waals surface area contributed by atoms with Crippen LogP contribution >= 0.6 is 0 Å². The summed E-state index contributed by atoms with van der Waals surface area (Å²) in [5, 5.41) is 5.64. The van der Waals surface area contributed by atoms with Gasteiger partial charge in [0, 0.05) is 11.7 Å². The third-order valence-electron chi connectivity index (χ3n) is 4.02. The van der Waals surface area contributed by atoms with E-state index in [-0.39, 0.29) is 29.7 Å². The number of rotatable bonds is 6. The van der Waals surface area contributed by atoms with Crippen molar-refractivity contribution in [3.63, 3.8) is 0 Å². The van der Waals surface area contributed by atoms with Gasteiger partial charge >= 0.3 is 5.97 Å². The summed E-state index contributed by atoms with van der Waals surface area (Å²) in [4.78, 5) is 35.6. The van der Waals surface area contributed by atoms with Crippen molar-refractivity contribution >= 4 is 23.5 Å². The van der Waals surface area contributed by atoms with Gasteiger partial charge in [0.2, 0.25) is 11.8 Å². The van der Waals surface area contributed by atoms with Gasteiger partial charge in [0.1, 0.15) is 0 Å². The fourth-order valence-corrected chi connectivity index (χ4v) is 2.30. The van der Waals surface area contributed by atoms with E-state index in [0.29, 0.717) is 17.7 Å². The van der Waals surface area contributed by atoms with Crippen molar-refractivity contribution in [3.05, 3.63) is 29.8 Å². The van der Waals surface area contributed by atoms with Gasteiger partial charge in [0.25, 0.3) is 0 Å². The zero-order valence-electron chi connectivity index (χ0n) is 13.6. The summed E-state index contributed by atoms with van der Waals surface area (Å²) >= 11 is 0. The lowest BCUT2D eigenvalue weighted by Gasteiger charge is -2.11. The Hall–Kier alpha value is -2.37. The van der Waals surface area contributed by atoms with Crippen molar-refractivity contribution < 1.29 is 19.1 Å². The van der Waals surface area contributed by atoms with Crippen molar-refractivity contribution in [1.29, 1.82) is 0 Å². The van der Waals surface area contributed by atoms with Gasteiger partial charge in [-0.2, -0.15) is 0 Å². The maximum absolute atomic E-state index is 12.2. The number of anilines is 1. The first-order valence-electron chi connectivity index (χ1n) is 7.75. The molecule has 0 saturated heterocycles. The van der Waals surface area contributed by atoms with Gasteiger partial charge in [0.05, 0.1) is 24.5 Å². The summed E-state index contributed by atoms with van der Waals surface area (Å²) in [5.74, 6) is -1.29. The number of carbonyl (C=O) groups is 3. The summed E-state index contributed by atoms with van der Waals surface area (Å²) in [6.45, 7) is 3.93. The van der Waals surface area contributed by atoms with Crippen molar-refractivity contribution in [2.24, 2.45) is 11.8 Å². The lowest BCUT2D eigenvalue weighted by molar-refractivity contribution is -0.125. The molecule has 1 aliphatic rings. The van der Waals surface area contributed by atoms with Crippen LogP contribution in [-0.2, 0) is 14.3 Å². The molecule has 0 bridgehead atoms. The smallest absolute Gasteiger partial charge is 0.337 e. The van der Waals surface area contributed by atoms with Gasteiger partial charge in [-0.1, -0.05) is 13.0 Å². The Bertz CT molecular complexity index is 614. The Labute approximate surface area is 135 Å². The Morgan fingerprint density at radius 2 is 1.96 bits per heavy atom. The molecule has 23 heavy (non-hydrogen) atoms. The predicted octanol–water partition coefficient (Wildman–Crippen LogP) is 1.96. The topological polar surface area (TPSA) is 84.5 Å². The predicted molar refractivity (Wildman–Crippen MR) is 85.9 cm³/mol. The number of nitrogens with one attached hydrogen (secondary N) is 2. The standard InChI is InChI=1S/C17H22N2O4/c1-4-10(2)18-15(20)13-9-14(13)16(21)19-12-7-5-6-11(8-12)17(22)23-3/h5-8,10,13-14H,4,9H2,1-3H3,(H,18,20)(H,19,21). The lowest BCUT2D eigenvalue weighted by Crippen LogP contribution is -2.34. The molecule has 0 heterocycles. The van der Waals surface area contributed by atoms with Crippen LogP contribution in [0.4, 0.5) is 5.69 Å². The molecule has 6 nitrogen and oxygen atoms in total. The van der Waals surface area contributed by atoms with Gasteiger partial charge in [-0.25, -0.2) is 4.79 Å². The van der Waals surface area contributed by atoms with E-state index in [0.717, 1.165) is 6.42 Å². The Morgan fingerprint density at radius 1 is 1.26 bits per heavy atom. The molecule has 124 valence electrons. The second kappa shape index (κ2) is 7.26. The average molecular weight is 318 g/mol. The molecule has 0 aliphatic heterocycles. The minimum Gasteiger partial charge on any atom is -0.465 e. The minimum absolute atomic E-state index is 0.0668. The monoisotopic (exact) mass is 318 g/mol. The maximum Gasteiger partial charge on any atom is 0.337 e. The summed E-state index contributed by atoms with van der Waals surface area (Å²) in [5.41, 5.74) is 0.887. The number of ether oxygens (including phenoxy) is 1. The zero-order valence-corrected chi connectivity index (χ0v) is 13.6. The van der Waals surface area contributed by atoms with Crippen LogP contribution < -0.4 is 10.6 Å². The highest BCUT2D eigenvalue weighted by molar-refractivity contribution is 6.00. The SMILES string of the molecule is CCC(C)NC(=O)C1CC1C(=O)Nc1cccc(C(=O)OC)c1. The molecule has 3 unspecified atom stereocenters. The fourth-order valence-electron chi connectivity index (χ4n) is 2.30. The molecule has 1 aliphatic carbocycles. The van der Waals surface area contributed by atoms with E-state index in [1.807, 2.05) is 13.8 Å². The van der Waals surface area contributed by atoms with Crippen molar-refractivity contribution in [2.45, 2.75) is 32.7 Å². The van der Waals surface area contributed by atoms with E-state index in [4.69, 9.17) is 0 Å². The highest BCUT2D eigenvalue weighted by atomic mass is 16.5. The van der Waals surface area contributed by atoms with Crippen LogP contribution in [-0.4, -0.2) is 30.9 Å². The van der Waals surface area contributed by atoms with Gasteiger partial charge in [-0.05, 0) is 38.0 Å². The normalized spacial score (nSPS) is 20.3. The first-order valence-corrected chi connectivity index (χ1v) is 7.75. The van der Waals surface area contributed by atoms with Crippen LogP contribution in [0.5, 0.6) is 0 Å². The molecule has 6 heteroatoms. The first-order chi connectivity index (χ1) is 11.0. The summed E-state index contributed by atoms with van der Waals surface area (Å²) in [6, 6.07) is 6.65. The van der Waals surface area contributed by atoms with Crippen LogP contribution in [0.25, 0.3) is 0 Å². The van der Waals surface area contributed by atoms with E-state index in [1.54, 1.807) is 24.3 Å². The highest BCUT2D eigenvalue weighted by Gasteiger charge is 2.48. The second-order valence-corrected chi connectivity index (χ2v) is 5.83. The Balaban J connectivity index is 1.91. The second-order valence-electron chi connectivity index (χ2n) is 5.83. The number of hydrogen-bond donors (Lipinski definition) is 2. The highest BCUT2D eigenvalue weighted by Crippen LogP contribution is 2.39. The van der Waals surface area contributed by atoms with Crippen molar-refractivity contribution in [2.75, 3.05) is 12.4 Å². The number of benzene rings is 1. The molecule has 1 fully saturated rings. The van der Waals surface area contributed by atoms with E-state index < -0.39 is 5.97 Å². The van der Waals surface area contributed by atoms with E-state index in [1.165, 1.54) is 7.11 Å². The molecule has 0 aromatic heterocycles. The summed E-state index contributed by atoms with van der Waals surface area (Å²) in [6.07, 6.45) is 1.42. The van der Waals surface area contributed by atoms with Gasteiger partial charge in [0.15, 0.2) is 0 Å². The van der Waals surface area contributed by atoms with E-state index >= 15 is 0 Å². The average Bonchev–Trinajstić information content (AvgIpc) is 3.35. The molecular formula is C17H22N2O4. The maximum atomic E-state index is 12.2. The van der Waals surface area contributed by atoms with Gasteiger partial charge in [-0.3, -0.25) is 9.59 Å². The van der Waals surface area contributed by atoms with Crippen LogP contribution in [0, 0.1) is 11.8 Å². The number of amides is 2. The van der Waals surface area contributed by atoms with Crippen LogP contribution in [0.3, 0.4) is 0 Å². The molecule has 2 amide bonds. The molecule has 0 radical (unpaired) electrons. The van der Waals surface area contributed by atoms with Crippen LogP contribution in [0.1, 0.15) is 37.0 Å². The van der Waals surface area contributed by atoms with Crippen molar-refractivity contribution in [1.82, 2.24) is 5.32 Å². The van der Waals surface area contributed by atoms with Crippen molar-refractivity contribution in [3.8, 4) is 0 Å². The zero-order chi connectivity index (χ0) is 17.0. The molecule has 2 N–H and O–H groups in total. The van der Waals surface area contributed by atoms with E-state index in [2.05, 4.69) is 15.4 Å². The molecular weight excluding hydrogens is 296 g/mol. The molecule has 1 aromatic rings. The molecule has 2 rings (SSSR count). The number of methoxy groups -OCH3 is 1. The Kier molecular flexibility index (Phi) is 5.36. The molecule has 1 saturated carbocycles. The van der Waals surface area contributed by atoms with Gasteiger partial charge < -0.3 is 15.4 Å². The minimum atomic E-state index is -0.460.